The molecule has 27 atom stereocenters. The molecule has 0 heterocycles. The van der Waals surface area contributed by atoms with Crippen LogP contribution >= 0.6 is 0 Å². The average molecular weight is 1740 g/mol. The number of rotatable bonds is 1. The second-order valence-corrected chi connectivity index (χ2v) is 36.9. The Balaban J connectivity index is 0. The van der Waals surface area contributed by atoms with E-state index in [-0.39, 0.29) is 68.1 Å². The zero-order valence-electron chi connectivity index (χ0n) is 70.3. The van der Waals surface area contributed by atoms with E-state index in [0.717, 1.165) is 50.4 Å². The van der Waals surface area contributed by atoms with Crippen molar-refractivity contribution < 1.29 is 149 Å². The summed E-state index contributed by atoms with van der Waals surface area (Å²) >= 11 is 0. The Morgan fingerprint density at radius 1 is 0.289 bits per heavy atom. The summed E-state index contributed by atoms with van der Waals surface area (Å²) in [7, 11) is 0. The fraction of sp³-hybridized carbons (Fsp3) is 1.00. The maximum absolute atomic E-state index is 12.9. The molecule has 0 nitrogen and oxygen atoms in total. The summed E-state index contributed by atoms with van der Waals surface area (Å²) < 4.78 is 424. The molecular formula is C80H130F34. The first-order valence-electron chi connectivity index (χ1n) is 39.6. The van der Waals surface area contributed by atoms with Gasteiger partial charge in [0.2, 0.25) is 5.67 Å². The molecule has 688 valence electrons. The zero-order chi connectivity index (χ0) is 91.5. The van der Waals surface area contributed by atoms with E-state index in [9.17, 15) is 149 Å². The van der Waals surface area contributed by atoms with Crippen molar-refractivity contribution in [1.29, 1.82) is 0 Å². The summed E-state index contributed by atoms with van der Waals surface area (Å²) in [5, 5.41) is 0. The van der Waals surface area contributed by atoms with Gasteiger partial charge in [-0.25, -0.2) is 26.3 Å². The van der Waals surface area contributed by atoms with Crippen molar-refractivity contribution in [3.8, 4) is 0 Å². The number of hydrogen-bond donors (Lipinski definition) is 0. The van der Waals surface area contributed by atoms with E-state index in [2.05, 4.69) is 48.5 Å². The second kappa shape index (κ2) is 42.6. The fourth-order valence-corrected chi connectivity index (χ4v) is 16.7. The number of alkyl halides is 34. The minimum atomic E-state index is -5.36. The lowest BCUT2D eigenvalue weighted by molar-refractivity contribution is -0.276. The zero-order valence-corrected chi connectivity index (χ0v) is 70.3. The Morgan fingerprint density at radius 2 is 0.614 bits per heavy atom. The van der Waals surface area contributed by atoms with Crippen molar-refractivity contribution >= 4 is 0 Å². The smallest absolute Gasteiger partial charge is 0.247 e. The van der Waals surface area contributed by atoms with Crippen LogP contribution in [0.5, 0.6) is 0 Å². The van der Waals surface area contributed by atoms with Crippen LogP contribution in [-0.4, -0.2) is 91.4 Å². The first kappa shape index (κ1) is 114. The van der Waals surface area contributed by atoms with Crippen LogP contribution in [0, 0.1) is 153 Å². The van der Waals surface area contributed by atoms with Crippen LogP contribution in [0.25, 0.3) is 0 Å². The fourth-order valence-electron chi connectivity index (χ4n) is 16.7. The van der Waals surface area contributed by atoms with Gasteiger partial charge >= 0.3 is 61.3 Å². The Kier molecular flexibility index (Phi) is 42.5. The third-order valence-electron chi connectivity index (χ3n) is 26.1. The summed E-state index contributed by atoms with van der Waals surface area (Å²) in [5.41, 5.74) is -5.50. The highest BCUT2D eigenvalue weighted by atomic mass is 19.4. The minimum absolute atomic E-state index is 0.135. The van der Waals surface area contributed by atoms with Gasteiger partial charge in [-0.1, -0.05) is 198 Å². The van der Waals surface area contributed by atoms with E-state index in [1.54, 1.807) is 20.8 Å². The van der Waals surface area contributed by atoms with Gasteiger partial charge in [-0.2, -0.15) is 123 Å². The molecule has 0 aromatic heterocycles. The number of hydrogen-bond acceptors (Lipinski definition) is 0. The van der Waals surface area contributed by atoms with Crippen molar-refractivity contribution in [3.05, 3.63) is 0 Å². The molecule has 0 aromatic carbocycles. The normalized spacial score (nSPS) is 38.3. The maximum Gasteiger partial charge on any atom is 0.393 e. The molecule has 34 heteroatoms. The Labute approximate surface area is 654 Å². The van der Waals surface area contributed by atoms with Gasteiger partial charge in [0.1, 0.15) is 18.5 Å². The van der Waals surface area contributed by atoms with Gasteiger partial charge in [0, 0.05) is 11.8 Å². The van der Waals surface area contributed by atoms with Crippen LogP contribution in [0.2, 0.25) is 0 Å². The summed E-state index contributed by atoms with van der Waals surface area (Å²) in [6.45, 7) is 40.3. The predicted octanol–water partition coefficient (Wildman–Crippen LogP) is 32.8. The molecule has 0 amide bonds. The monoisotopic (exact) mass is 1740 g/mol. The summed E-state index contributed by atoms with van der Waals surface area (Å²) in [6.07, 6.45) is -30.3. The van der Waals surface area contributed by atoms with Crippen molar-refractivity contribution in [2.45, 2.75) is 354 Å². The molecule has 0 N–H and O–H groups in total. The Morgan fingerprint density at radius 3 is 0.807 bits per heavy atom. The van der Waals surface area contributed by atoms with Gasteiger partial charge in [-0.15, -0.1) is 0 Å². The highest BCUT2D eigenvalue weighted by Crippen LogP contribution is 2.65. The summed E-state index contributed by atoms with van der Waals surface area (Å²) in [4.78, 5) is 0. The van der Waals surface area contributed by atoms with E-state index >= 15 is 0 Å². The van der Waals surface area contributed by atoms with Crippen molar-refractivity contribution in [2.24, 2.45) is 153 Å². The number of halogens is 34. The molecule has 8 saturated carbocycles. The van der Waals surface area contributed by atoms with Crippen LogP contribution < -0.4 is 0 Å². The van der Waals surface area contributed by atoms with Crippen LogP contribution in [0.1, 0.15) is 263 Å². The molecule has 8 rings (SSSR count). The van der Waals surface area contributed by atoms with Crippen molar-refractivity contribution in [1.82, 2.24) is 0 Å². The molecule has 20 unspecified atom stereocenters. The quantitative estimate of drug-likeness (QED) is 0.230. The van der Waals surface area contributed by atoms with Gasteiger partial charge < -0.3 is 0 Å². The van der Waals surface area contributed by atoms with Gasteiger partial charge in [0.25, 0.3) is 5.92 Å². The van der Waals surface area contributed by atoms with E-state index in [4.69, 9.17) is 0 Å². The molecule has 0 bridgehead atoms. The molecule has 8 fully saturated rings. The maximum atomic E-state index is 12.9. The molecular weight excluding hydrogens is 1610 g/mol. The van der Waals surface area contributed by atoms with Crippen LogP contribution in [0.3, 0.4) is 0 Å². The predicted molar refractivity (Wildman–Crippen MR) is 377 cm³/mol. The highest BCUT2D eigenvalue weighted by Gasteiger charge is 2.88. The van der Waals surface area contributed by atoms with E-state index in [1.807, 2.05) is 27.7 Å². The van der Waals surface area contributed by atoms with Gasteiger partial charge in [0.05, 0.1) is 52.8 Å². The molecule has 8 aliphatic rings. The molecule has 0 radical (unpaired) electrons. The molecule has 114 heavy (non-hydrogen) atoms. The SMILES string of the molecule is CC1C(C(F)(F)F)C(C)[C@@H](C)C1C(F)(F)F.CC1C(F)C(F)[C@@H](C)C1F.CC1CC(C(F)(F)F)C[C@@H](C)C1.CC1CCC(C)C1C.CC1CCCC(C(F)(F)F)[C@@H]1C.CC1C[C@H](C)CC(C(F)(F)F)C1C(F)(F)F.CC1C[C@H](C)CC1C(F)(F)F.CCC(C)(C)C.CCC(C)(C)C(F)(F)F.C[C@H]1C(F)(F)C(C)(F)C(F)(F)C1(F)F. The lowest BCUT2D eigenvalue weighted by atomic mass is 9.68. The molecule has 8 aliphatic carbocycles. The van der Waals surface area contributed by atoms with Gasteiger partial charge in [-0.05, 0) is 153 Å². The van der Waals surface area contributed by atoms with Crippen LogP contribution in [0.15, 0.2) is 0 Å². The topological polar surface area (TPSA) is 0 Å². The molecule has 0 spiro atoms. The van der Waals surface area contributed by atoms with Crippen molar-refractivity contribution in [3.63, 3.8) is 0 Å². The van der Waals surface area contributed by atoms with Crippen LogP contribution in [-0.2, 0) is 0 Å². The minimum Gasteiger partial charge on any atom is -0.247 e. The summed E-state index contributed by atoms with van der Waals surface area (Å²) in [5.74, 6) is -32.2. The van der Waals surface area contributed by atoms with Crippen LogP contribution in [0.4, 0.5) is 149 Å². The molecule has 0 saturated heterocycles. The molecule has 0 aromatic rings. The van der Waals surface area contributed by atoms with Gasteiger partial charge in [0.15, 0.2) is 0 Å². The first-order valence-corrected chi connectivity index (χ1v) is 39.6. The lowest BCUT2D eigenvalue weighted by Gasteiger charge is -2.41. The van der Waals surface area contributed by atoms with Gasteiger partial charge in [-0.3, -0.25) is 0 Å². The highest BCUT2D eigenvalue weighted by molar-refractivity contribution is 5.19. The average Bonchev–Trinajstić information content (AvgIpc) is 1.54. The summed E-state index contributed by atoms with van der Waals surface area (Å²) in [6, 6.07) is 0. The van der Waals surface area contributed by atoms with E-state index < -0.39 is 186 Å². The van der Waals surface area contributed by atoms with E-state index in [1.165, 1.54) is 74.7 Å². The standard InChI is InChI=1S/2C10H14F6.2C9H15F3.C8H13F3.C8H16.C7H7F7.C7H11F3.C6H11F3.C6H14/c1-5-3-6(2)8(10(14,15)16)7(4-5)9(11,12)13;1-4-5(2)8(10(14,15)16)6(3)7(4)9(11,12)13;1-6-3-7(2)5-8(4-6)9(10,11)12;1-6-4-3-5-8(7(6)2)9(10,11)12;1-5-3-6(2)7(4-5)8(9,10)11;1-6-4-5-7(2)8(6)3;1-3-5(9,10)4(2,8)7(13,14)6(3,11)12;1-3-5(8)4(2)7(10)6(3)9;1-4-5(2,3)6(7,8)9;1-5-6(2,3)4/h5-8H,3-4H2,1-2H3;4-8H,1-3H3;2*6-8H,3-5H2,1-2H3;5-7H,3-4H2,1-2H3;6-8H,4-5H2,1-3H3;3H,1-2H3;3-7H,1-2H3;4H2,1-3H3;5H2,1-4H3/t5-,6?,7?,8?;4-,5?,6?,7?,8?;6-,7?,8?;6?,7-,8?;5-,6?,7?;;3-,4?;3-,4?,5?,6?,7?;;/m01010.00../s1. The van der Waals surface area contributed by atoms with E-state index in [0.29, 0.717) is 31.1 Å². The largest absolute Gasteiger partial charge is 0.393 e. The second-order valence-electron chi connectivity index (χ2n) is 36.9. The first-order chi connectivity index (χ1) is 50.3. The Hall–Kier alpha value is -2.38. The third-order valence-corrected chi connectivity index (χ3v) is 26.1. The molecule has 0 aliphatic heterocycles. The lowest BCUT2D eigenvalue weighted by Crippen LogP contribution is -2.52. The third kappa shape index (κ3) is 32.1. The Bertz CT molecular complexity index is 2560. The van der Waals surface area contributed by atoms with Crippen molar-refractivity contribution in [2.75, 3.05) is 0 Å².